The van der Waals surface area contributed by atoms with Crippen molar-refractivity contribution in [3.05, 3.63) is 72.7 Å². The zero-order valence-corrected chi connectivity index (χ0v) is 16.1. The number of amides is 1. The highest BCUT2D eigenvalue weighted by Crippen LogP contribution is 2.21. The number of anilines is 2. The number of furan rings is 1. The Bertz CT molecular complexity index is 939. The minimum atomic E-state index is 0.0205. The maximum absolute atomic E-state index is 12.5. The third-order valence-electron chi connectivity index (χ3n) is 4.89. The van der Waals surface area contributed by atoms with E-state index in [1.54, 1.807) is 43.1 Å². The summed E-state index contributed by atoms with van der Waals surface area (Å²) in [4.78, 5) is 27.5. The first-order chi connectivity index (χ1) is 14.3. The number of hydrogen-bond acceptors (Lipinski definition) is 6. The molecular formula is C22H23N5O2. The van der Waals surface area contributed by atoms with Gasteiger partial charge in [-0.3, -0.25) is 9.78 Å². The molecule has 7 nitrogen and oxygen atoms in total. The Morgan fingerprint density at radius 3 is 2.90 bits per heavy atom. The molecule has 0 bridgehead atoms. The van der Waals surface area contributed by atoms with Crippen molar-refractivity contribution in [2.45, 2.75) is 19.3 Å². The predicted molar refractivity (Wildman–Crippen MR) is 110 cm³/mol. The molecule has 3 aromatic heterocycles. The Hall–Kier alpha value is -3.48. The smallest absolute Gasteiger partial charge is 0.246 e. The quantitative estimate of drug-likeness (QED) is 0.647. The van der Waals surface area contributed by atoms with Crippen molar-refractivity contribution in [3.63, 3.8) is 0 Å². The van der Waals surface area contributed by atoms with Crippen LogP contribution >= 0.6 is 0 Å². The fourth-order valence-corrected chi connectivity index (χ4v) is 3.47. The highest BCUT2D eigenvalue weighted by atomic mass is 16.3. The molecule has 0 saturated carbocycles. The molecule has 1 amide bonds. The van der Waals surface area contributed by atoms with Crippen molar-refractivity contribution in [3.8, 4) is 0 Å². The zero-order valence-electron chi connectivity index (χ0n) is 16.1. The first-order valence-corrected chi connectivity index (χ1v) is 9.76. The maximum atomic E-state index is 12.5. The third kappa shape index (κ3) is 5.28. The highest BCUT2D eigenvalue weighted by molar-refractivity contribution is 5.91. The Kier molecular flexibility index (Phi) is 5.95. The number of nitrogens with zero attached hydrogens (tertiary/aromatic N) is 4. The Morgan fingerprint density at radius 1 is 1.17 bits per heavy atom. The molecule has 1 atom stereocenters. The molecule has 4 heterocycles. The van der Waals surface area contributed by atoms with Crippen LogP contribution in [0.15, 0.2) is 65.7 Å². The monoisotopic (exact) mass is 389 g/mol. The second-order valence-corrected chi connectivity index (χ2v) is 7.08. The molecule has 1 N–H and O–H groups in total. The molecule has 4 rings (SSSR count). The summed E-state index contributed by atoms with van der Waals surface area (Å²) < 4.78 is 5.24. The van der Waals surface area contributed by atoms with Gasteiger partial charge in [0.15, 0.2) is 0 Å². The van der Waals surface area contributed by atoms with Gasteiger partial charge in [0.05, 0.1) is 24.4 Å². The topological polar surface area (TPSA) is 84.2 Å². The zero-order chi connectivity index (χ0) is 19.9. The van der Waals surface area contributed by atoms with Crippen LogP contribution in [0.25, 0.3) is 6.08 Å². The van der Waals surface area contributed by atoms with Crippen molar-refractivity contribution in [2.75, 3.05) is 18.4 Å². The molecule has 0 radical (unpaired) electrons. The SMILES string of the molecule is O=C(/C=C/c1ccco1)N1CCC[C@H](Cc2cnc(Nc3ccccn3)cn2)C1. The number of pyridine rings is 1. The van der Waals surface area contributed by atoms with Crippen LogP contribution in [0.3, 0.4) is 0 Å². The fourth-order valence-electron chi connectivity index (χ4n) is 3.47. The van der Waals surface area contributed by atoms with E-state index >= 15 is 0 Å². The van der Waals surface area contributed by atoms with Crippen LogP contribution in [0.4, 0.5) is 11.6 Å². The van der Waals surface area contributed by atoms with Gasteiger partial charge in [-0.1, -0.05) is 6.07 Å². The summed E-state index contributed by atoms with van der Waals surface area (Å²) >= 11 is 0. The van der Waals surface area contributed by atoms with E-state index in [9.17, 15) is 4.79 Å². The molecule has 0 aromatic carbocycles. The van der Waals surface area contributed by atoms with E-state index in [2.05, 4.69) is 20.3 Å². The molecule has 0 aliphatic carbocycles. The van der Waals surface area contributed by atoms with E-state index in [4.69, 9.17) is 4.42 Å². The normalized spacial score (nSPS) is 16.8. The molecule has 7 heteroatoms. The van der Waals surface area contributed by atoms with Crippen LogP contribution in [0.1, 0.15) is 24.3 Å². The summed E-state index contributed by atoms with van der Waals surface area (Å²) in [5, 5.41) is 3.13. The first kappa shape index (κ1) is 18.9. The maximum Gasteiger partial charge on any atom is 0.246 e. The number of carbonyl (C=O) groups is 1. The summed E-state index contributed by atoms with van der Waals surface area (Å²) in [6.07, 6.45) is 13.0. The molecule has 1 saturated heterocycles. The molecule has 0 unspecified atom stereocenters. The van der Waals surface area contributed by atoms with E-state index < -0.39 is 0 Å². The average molecular weight is 389 g/mol. The molecular weight excluding hydrogens is 366 g/mol. The van der Waals surface area contributed by atoms with Gasteiger partial charge in [-0.05, 0) is 55.5 Å². The van der Waals surface area contributed by atoms with Crippen LogP contribution < -0.4 is 5.32 Å². The van der Waals surface area contributed by atoms with Crippen molar-refractivity contribution < 1.29 is 9.21 Å². The van der Waals surface area contributed by atoms with E-state index in [0.29, 0.717) is 17.5 Å². The van der Waals surface area contributed by atoms with Crippen LogP contribution in [-0.2, 0) is 11.2 Å². The first-order valence-electron chi connectivity index (χ1n) is 9.76. The standard InChI is InChI=1S/C22H23N5O2/c28-22(9-8-19-6-4-12-29-19)27-11-3-5-17(16-27)13-18-14-25-21(15-24-18)26-20-7-1-2-10-23-20/h1-2,4,6-10,12,14-15,17H,3,5,11,13,16H2,(H,23,25,26)/b9-8+/t17-/m1/s1. The van der Waals surface area contributed by atoms with Crippen LogP contribution in [0, 0.1) is 5.92 Å². The molecule has 0 spiro atoms. The Balaban J connectivity index is 1.31. The fraction of sp³-hybridized carbons (Fsp3) is 0.273. The second kappa shape index (κ2) is 9.14. The molecule has 148 valence electrons. The van der Waals surface area contributed by atoms with Gasteiger partial charge >= 0.3 is 0 Å². The van der Waals surface area contributed by atoms with E-state index in [1.165, 1.54) is 0 Å². The van der Waals surface area contributed by atoms with Gasteiger partial charge in [0.1, 0.15) is 17.4 Å². The van der Waals surface area contributed by atoms with Crippen LogP contribution in [0.2, 0.25) is 0 Å². The molecule has 1 aliphatic heterocycles. The Labute approximate surface area is 169 Å². The van der Waals surface area contributed by atoms with Gasteiger partial charge in [0, 0.05) is 25.4 Å². The van der Waals surface area contributed by atoms with Gasteiger partial charge in [0.2, 0.25) is 5.91 Å². The van der Waals surface area contributed by atoms with Crippen molar-refractivity contribution in [1.29, 1.82) is 0 Å². The number of hydrogen-bond donors (Lipinski definition) is 1. The lowest BCUT2D eigenvalue weighted by Crippen LogP contribution is -2.39. The summed E-state index contributed by atoms with van der Waals surface area (Å²) in [5.41, 5.74) is 0.932. The number of carbonyl (C=O) groups excluding carboxylic acids is 1. The minimum Gasteiger partial charge on any atom is -0.465 e. The Morgan fingerprint density at radius 2 is 2.14 bits per heavy atom. The molecule has 29 heavy (non-hydrogen) atoms. The lowest BCUT2D eigenvalue weighted by Gasteiger charge is -2.32. The third-order valence-corrected chi connectivity index (χ3v) is 4.89. The summed E-state index contributed by atoms with van der Waals surface area (Å²) in [6, 6.07) is 9.29. The number of rotatable bonds is 6. The van der Waals surface area contributed by atoms with E-state index in [-0.39, 0.29) is 5.91 Å². The van der Waals surface area contributed by atoms with Crippen molar-refractivity contribution in [1.82, 2.24) is 19.9 Å². The van der Waals surface area contributed by atoms with Gasteiger partial charge in [0.25, 0.3) is 0 Å². The summed E-state index contributed by atoms with van der Waals surface area (Å²) in [6.45, 7) is 1.52. The second-order valence-electron chi connectivity index (χ2n) is 7.08. The minimum absolute atomic E-state index is 0.0205. The molecule has 3 aromatic rings. The van der Waals surface area contributed by atoms with Crippen molar-refractivity contribution >= 4 is 23.6 Å². The highest BCUT2D eigenvalue weighted by Gasteiger charge is 2.23. The van der Waals surface area contributed by atoms with Gasteiger partial charge < -0.3 is 14.6 Å². The number of aromatic nitrogens is 3. The largest absolute Gasteiger partial charge is 0.465 e. The lowest BCUT2D eigenvalue weighted by atomic mass is 9.93. The number of piperidine rings is 1. The lowest BCUT2D eigenvalue weighted by molar-refractivity contribution is -0.127. The molecule has 1 aliphatic rings. The van der Waals surface area contributed by atoms with Crippen LogP contribution in [0.5, 0.6) is 0 Å². The van der Waals surface area contributed by atoms with Crippen molar-refractivity contribution in [2.24, 2.45) is 5.92 Å². The average Bonchev–Trinajstić information content (AvgIpc) is 3.28. The van der Waals surface area contributed by atoms with Crippen LogP contribution in [-0.4, -0.2) is 38.8 Å². The van der Waals surface area contributed by atoms with Gasteiger partial charge in [-0.25, -0.2) is 9.97 Å². The summed E-state index contributed by atoms with van der Waals surface area (Å²) in [7, 11) is 0. The van der Waals surface area contributed by atoms with E-state index in [1.807, 2.05) is 29.2 Å². The molecule has 1 fully saturated rings. The van der Waals surface area contributed by atoms with Gasteiger partial charge in [-0.15, -0.1) is 0 Å². The number of nitrogens with one attached hydrogen (secondary N) is 1. The van der Waals surface area contributed by atoms with Gasteiger partial charge in [-0.2, -0.15) is 0 Å². The predicted octanol–water partition coefficient (Wildman–Crippen LogP) is 3.70. The number of likely N-dealkylation sites (tertiary alicyclic amines) is 1. The van der Waals surface area contributed by atoms with E-state index in [0.717, 1.165) is 43.9 Å². The summed E-state index contributed by atoms with van der Waals surface area (Å²) in [5.74, 6) is 2.48.